The van der Waals surface area contributed by atoms with Crippen molar-refractivity contribution in [2.75, 3.05) is 6.61 Å². The molecule has 0 radical (unpaired) electrons. The van der Waals surface area contributed by atoms with Gasteiger partial charge in [-0.1, -0.05) is 19.4 Å². The van der Waals surface area contributed by atoms with Gasteiger partial charge >= 0.3 is 0 Å². The topological polar surface area (TPSA) is 66.4 Å². The third-order valence-corrected chi connectivity index (χ3v) is 9.90. The van der Waals surface area contributed by atoms with Crippen molar-refractivity contribution in [1.82, 2.24) is 0 Å². The number of ketones is 1. The fourth-order valence-corrected chi connectivity index (χ4v) is 8.58. The molecule has 29 heavy (non-hydrogen) atoms. The zero-order valence-electron chi connectivity index (χ0n) is 18.0. The van der Waals surface area contributed by atoms with E-state index in [1.807, 2.05) is 6.08 Å². The summed E-state index contributed by atoms with van der Waals surface area (Å²) >= 11 is 5.12. The number of hydrogen-bond donors (Lipinski definition) is 1. The van der Waals surface area contributed by atoms with Gasteiger partial charge in [-0.3, -0.25) is 4.79 Å². The largest absolute Gasteiger partial charge is 0.550 e. The fraction of sp³-hybridized carbons (Fsp3) is 0.833. The number of rotatable bonds is 0. The smallest absolute Gasteiger partial charge is 0.155 e. The molecule has 5 rings (SSSR count). The summed E-state index contributed by atoms with van der Waals surface area (Å²) in [7, 11) is 0. The highest BCUT2D eigenvalue weighted by Gasteiger charge is 2.66. The lowest BCUT2D eigenvalue weighted by Crippen LogP contribution is -2.57. The van der Waals surface area contributed by atoms with Gasteiger partial charge < -0.3 is 14.6 Å². The van der Waals surface area contributed by atoms with Gasteiger partial charge in [0.25, 0.3) is 0 Å². The molecular formula is C24H35O4S-. The zero-order chi connectivity index (χ0) is 21.0. The van der Waals surface area contributed by atoms with E-state index in [4.69, 9.17) is 27.3 Å². The summed E-state index contributed by atoms with van der Waals surface area (Å²) in [6.45, 7) is 6.94. The third kappa shape index (κ3) is 3.22. The van der Waals surface area contributed by atoms with Crippen LogP contribution in [0.5, 0.6) is 0 Å². The molecule has 4 aliphatic carbocycles. The number of thiol groups is 1. The number of carboxylic acids is 1. The van der Waals surface area contributed by atoms with E-state index in [0.717, 1.165) is 38.7 Å². The van der Waals surface area contributed by atoms with Crippen LogP contribution in [0.2, 0.25) is 0 Å². The van der Waals surface area contributed by atoms with E-state index >= 15 is 0 Å². The zero-order valence-corrected chi connectivity index (χ0v) is 18.9. The van der Waals surface area contributed by atoms with Gasteiger partial charge in [0.05, 0.1) is 5.60 Å². The van der Waals surface area contributed by atoms with E-state index in [1.165, 1.54) is 44.1 Å². The van der Waals surface area contributed by atoms with Crippen LogP contribution >= 0.6 is 12.6 Å². The van der Waals surface area contributed by atoms with Crippen LogP contribution in [0.3, 0.4) is 0 Å². The predicted molar refractivity (Wildman–Crippen MR) is 113 cm³/mol. The molecule has 0 amide bonds. The summed E-state index contributed by atoms with van der Waals surface area (Å²) in [5.41, 5.74) is 2.16. The van der Waals surface area contributed by atoms with Crippen LogP contribution in [0.15, 0.2) is 11.6 Å². The highest BCUT2D eigenvalue weighted by Crippen LogP contribution is 2.70. The minimum atomic E-state index is -1.08. The third-order valence-electron chi connectivity index (χ3n) is 9.38. The number of aliphatic carboxylic acids is 1. The van der Waals surface area contributed by atoms with Crippen molar-refractivity contribution >= 4 is 24.4 Å². The molecule has 5 aliphatic rings. The minimum Gasteiger partial charge on any atom is -0.550 e. The molecule has 1 heterocycles. The molecule has 1 saturated heterocycles. The van der Waals surface area contributed by atoms with Crippen molar-refractivity contribution in [2.45, 2.75) is 89.4 Å². The number of hydrogen-bond acceptors (Lipinski definition) is 5. The normalized spacial score (nSPS) is 48.1. The van der Waals surface area contributed by atoms with Crippen LogP contribution in [-0.4, -0.2) is 29.2 Å². The Morgan fingerprint density at radius 2 is 1.86 bits per heavy atom. The van der Waals surface area contributed by atoms with E-state index in [9.17, 15) is 4.79 Å². The fourth-order valence-electron chi connectivity index (χ4n) is 7.97. The van der Waals surface area contributed by atoms with Crippen LogP contribution < -0.4 is 5.11 Å². The number of carboxylic acid groups (broad SMARTS) is 1. The van der Waals surface area contributed by atoms with Gasteiger partial charge in [-0.15, -0.1) is 0 Å². The van der Waals surface area contributed by atoms with Gasteiger partial charge in [-0.05, 0) is 93.0 Å². The van der Waals surface area contributed by atoms with E-state index in [0.29, 0.717) is 28.3 Å². The molecule has 4 nitrogen and oxygen atoms in total. The van der Waals surface area contributed by atoms with Crippen molar-refractivity contribution in [3.8, 4) is 0 Å². The van der Waals surface area contributed by atoms with Crippen LogP contribution in [0.1, 0.15) is 78.6 Å². The molecule has 1 aliphatic heterocycles. The average molecular weight is 420 g/mol. The van der Waals surface area contributed by atoms with Gasteiger partial charge in [0.15, 0.2) is 5.78 Å². The molecule has 0 aromatic heterocycles. The predicted octanol–water partition coefficient (Wildman–Crippen LogP) is 3.73. The molecule has 1 unspecified atom stereocenters. The molecule has 0 aromatic rings. The number of fused-ring (bicyclic) bond motifs is 6. The Labute approximate surface area is 180 Å². The maximum Gasteiger partial charge on any atom is 0.155 e. The highest BCUT2D eigenvalue weighted by atomic mass is 32.1. The molecule has 3 saturated carbocycles. The maximum absolute atomic E-state index is 12.0. The standard InChI is InChI=1S/C22H32O2S.C2H4O2/c1-20-8-4-15(23)12-14(20)13-18(25)19-16(20)5-9-21(2)17(19)6-10-22(21)7-3-11-24-22;1-2(3)4/h12,16-19,25H,3-11,13H2,1-2H3;1H3,(H,3,4)/p-1/t16-,17-,18+,19+,20-,21-,22?;/m0./s1. The van der Waals surface area contributed by atoms with Gasteiger partial charge in [0.2, 0.25) is 0 Å². The average Bonchev–Trinajstić information content (AvgIpc) is 3.23. The van der Waals surface area contributed by atoms with E-state index in [2.05, 4.69) is 13.8 Å². The lowest BCUT2D eigenvalue weighted by Gasteiger charge is -2.60. The number of carbonyl (C=O) groups excluding carboxylic acids is 2. The molecule has 5 heteroatoms. The Bertz CT molecular complexity index is 720. The summed E-state index contributed by atoms with van der Waals surface area (Å²) in [6.07, 6.45) is 12.5. The van der Waals surface area contributed by atoms with E-state index in [-0.39, 0.29) is 11.0 Å². The van der Waals surface area contributed by atoms with Gasteiger partial charge in [0, 0.05) is 24.2 Å². The molecule has 0 N–H and O–H groups in total. The second-order valence-electron chi connectivity index (χ2n) is 10.5. The number of allylic oxidation sites excluding steroid dienone is 1. The Morgan fingerprint density at radius 1 is 1.17 bits per heavy atom. The first-order chi connectivity index (χ1) is 13.6. The molecule has 162 valence electrons. The number of carbonyl (C=O) groups is 2. The minimum absolute atomic E-state index is 0.162. The van der Waals surface area contributed by atoms with Crippen LogP contribution in [0.4, 0.5) is 0 Å². The molecule has 7 atom stereocenters. The molecule has 4 fully saturated rings. The molecule has 0 aromatic carbocycles. The van der Waals surface area contributed by atoms with Crippen LogP contribution in [-0.2, 0) is 14.3 Å². The van der Waals surface area contributed by atoms with E-state index < -0.39 is 5.97 Å². The quantitative estimate of drug-likeness (QED) is 0.608. The lowest BCUT2D eigenvalue weighted by molar-refractivity contribution is -0.302. The van der Waals surface area contributed by atoms with Crippen molar-refractivity contribution in [1.29, 1.82) is 0 Å². The summed E-state index contributed by atoms with van der Waals surface area (Å²) in [6, 6.07) is 0. The van der Waals surface area contributed by atoms with Crippen molar-refractivity contribution in [2.24, 2.45) is 28.6 Å². The lowest BCUT2D eigenvalue weighted by atomic mass is 9.46. The summed E-state index contributed by atoms with van der Waals surface area (Å²) in [5, 5.41) is 9.30. The van der Waals surface area contributed by atoms with Gasteiger partial charge in [0.1, 0.15) is 0 Å². The van der Waals surface area contributed by atoms with Gasteiger partial charge in [-0.25, -0.2) is 0 Å². The van der Waals surface area contributed by atoms with Crippen LogP contribution in [0.25, 0.3) is 0 Å². The Kier molecular flexibility index (Phi) is 5.47. The maximum atomic E-state index is 12.0. The highest BCUT2D eigenvalue weighted by molar-refractivity contribution is 7.81. The monoisotopic (exact) mass is 419 g/mol. The first-order valence-corrected chi connectivity index (χ1v) is 11.9. The van der Waals surface area contributed by atoms with Crippen molar-refractivity contribution in [3.05, 3.63) is 11.6 Å². The first-order valence-electron chi connectivity index (χ1n) is 11.4. The van der Waals surface area contributed by atoms with Gasteiger partial charge in [-0.2, -0.15) is 12.6 Å². The summed E-state index contributed by atoms with van der Waals surface area (Å²) in [5.74, 6) is 1.41. The molecule has 1 spiro atoms. The van der Waals surface area contributed by atoms with Crippen molar-refractivity contribution < 1.29 is 19.4 Å². The Morgan fingerprint density at radius 3 is 2.52 bits per heavy atom. The first kappa shape index (κ1) is 21.4. The molecular weight excluding hydrogens is 384 g/mol. The Hall–Kier alpha value is -0.810. The second-order valence-corrected chi connectivity index (χ2v) is 11.2. The summed E-state index contributed by atoms with van der Waals surface area (Å²) < 4.78 is 6.45. The van der Waals surface area contributed by atoms with Crippen LogP contribution in [0, 0.1) is 28.6 Å². The summed E-state index contributed by atoms with van der Waals surface area (Å²) in [4.78, 5) is 20.9. The Balaban J connectivity index is 0.000000472. The van der Waals surface area contributed by atoms with E-state index in [1.54, 1.807) is 0 Å². The van der Waals surface area contributed by atoms with Crippen molar-refractivity contribution in [3.63, 3.8) is 0 Å². The number of ether oxygens (including phenoxy) is 1. The SMILES string of the molecule is CC(=O)[O-].C[C@]12CCC(=O)C=C1C[C@@H](S)[C@@H]1[C@@H]2CC[C@@]2(C)[C@H]1CCC21CCCO1. The molecule has 0 bridgehead atoms. The second kappa shape index (κ2) is 7.40.